The summed E-state index contributed by atoms with van der Waals surface area (Å²) in [6, 6.07) is 16.2. The van der Waals surface area contributed by atoms with Crippen LogP contribution >= 0.6 is 0 Å². The summed E-state index contributed by atoms with van der Waals surface area (Å²) in [5, 5.41) is 16.4. The van der Waals surface area contributed by atoms with E-state index in [1.54, 1.807) is 19.1 Å². The van der Waals surface area contributed by atoms with Crippen molar-refractivity contribution in [1.29, 1.82) is 0 Å². The molecular weight excluding hydrogens is 382 g/mol. The Kier molecular flexibility index (Phi) is 4.27. The number of hydrogen-bond donors (Lipinski definition) is 3. The van der Waals surface area contributed by atoms with Crippen molar-refractivity contribution >= 4 is 23.4 Å². The van der Waals surface area contributed by atoms with E-state index in [4.69, 9.17) is 0 Å². The molecule has 0 aromatic heterocycles. The van der Waals surface area contributed by atoms with Crippen LogP contribution < -0.4 is 10.6 Å². The molecule has 0 unspecified atom stereocenters. The fraction of sp³-hybridized carbons (Fsp3) is 0.348. The smallest absolute Gasteiger partial charge is 0.250 e. The monoisotopic (exact) mass is 405 g/mol. The Morgan fingerprint density at radius 3 is 2.47 bits per heavy atom. The minimum Gasteiger partial charge on any atom is -0.392 e. The SMILES string of the molecule is C[C@@H](O)[C@H]1N[C@]2(C(=O)Nc3ccccc32)[C@@H]2C(=O)N(CCc3ccccc3)C(=O)[C@H]12. The van der Waals surface area contributed by atoms with E-state index >= 15 is 0 Å². The fourth-order valence-electron chi connectivity index (χ4n) is 5.27. The number of hydrogen-bond acceptors (Lipinski definition) is 5. The van der Waals surface area contributed by atoms with E-state index < -0.39 is 29.5 Å². The molecule has 7 nitrogen and oxygen atoms in total. The molecule has 0 radical (unpaired) electrons. The zero-order valence-corrected chi connectivity index (χ0v) is 16.5. The van der Waals surface area contributed by atoms with Gasteiger partial charge >= 0.3 is 0 Å². The molecule has 3 heterocycles. The number of benzene rings is 2. The number of aliphatic hydroxyl groups excluding tert-OH is 1. The predicted molar refractivity (Wildman–Crippen MR) is 109 cm³/mol. The number of amides is 3. The molecule has 0 aliphatic carbocycles. The number of nitrogens with one attached hydrogen (secondary N) is 2. The summed E-state index contributed by atoms with van der Waals surface area (Å²) in [5.74, 6) is -2.71. The summed E-state index contributed by atoms with van der Waals surface area (Å²) in [4.78, 5) is 41.3. The van der Waals surface area contributed by atoms with E-state index in [0.29, 0.717) is 17.7 Å². The molecule has 5 rings (SSSR count). The molecule has 0 bridgehead atoms. The van der Waals surface area contributed by atoms with Crippen LogP contribution in [0.1, 0.15) is 18.1 Å². The Morgan fingerprint density at radius 2 is 1.73 bits per heavy atom. The van der Waals surface area contributed by atoms with Gasteiger partial charge < -0.3 is 10.4 Å². The van der Waals surface area contributed by atoms with Gasteiger partial charge in [0.25, 0.3) is 0 Å². The molecule has 2 saturated heterocycles. The second kappa shape index (κ2) is 6.75. The Balaban J connectivity index is 1.54. The number of para-hydroxylation sites is 1. The first kappa shape index (κ1) is 19.0. The van der Waals surface area contributed by atoms with Crippen LogP contribution in [0.5, 0.6) is 0 Å². The number of imide groups is 1. The molecule has 154 valence electrons. The van der Waals surface area contributed by atoms with E-state index in [9.17, 15) is 19.5 Å². The van der Waals surface area contributed by atoms with Crippen LogP contribution in [0.2, 0.25) is 0 Å². The highest BCUT2D eigenvalue weighted by molar-refractivity contribution is 6.15. The van der Waals surface area contributed by atoms with Crippen molar-refractivity contribution < 1.29 is 19.5 Å². The minimum absolute atomic E-state index is 0.251. The van der Waals surface area contributed by atoms with E-state index in [1.807, 2.05) is 42.5 Å². The molecule has 5 atom stereocenters. The van der Waals surface area contributed by atoms with Crippen molar-refractivity contribution in [3.8, 4) is 0 Å². The van der Waals surface area contributed by atoms with Gasteiger partial charge in [-0.15, -0.1) is 0 Å². The van der Waals surface area contributed by atoms with E-state index in [0.717, 1.165) is 5.56 Å². The molecular formula is C23H23N3O4. The van der Waals surface area contributed by atoms with Crippen LogP contribution in [-0.4, -0.2) is 46.4 Å². The Morgan fingerprint density at radius 1 is 1.03 bits per heavy atom. The Hall–Kier alpha value is -3.03. The number of nitrogens with zero attached hydrogens (tertiary/aromatic N) is 1. The molecule has 1 spiro atoms. The van der Waals surface area contributed by atoms with Crippen molar-refractivity contribution in [1.82, 2.24) is 10.2 Å². The minimum atomic E-state index is -1.35. The third-order valence-corrected chi connectivity index (χ3v) is 6.64. The molecule has 3 amide bonds. The van der Waals surface area contributed by atoms with Crippen molar-refractivity contribution in [2.45, 2.75) is 31.0 Å². The molecule has 2 aromatic rings. The average molecular weight is 405 g/mol. The van der Waals surface area contributed by atoms with Gasteiger partial charge in [-0.05, 0) is 25.0 Å². The van der Waals surface area contributed by atoms with E-state index in [-0.39, 0.29) is 24.3 Å². The number of carbonyl (C=O) groups excluding carboxylic acids is 3. The standard InChI is InChI=1S/C23H23N3O4/c1-13(27)19-17-18(23(25-19)15-9-5-6-10-16(15)24-22(23)30)21(29)26(20(17)28)12-11-14-7-3-2-4-8-14/h2-10,13,17-19,25,27H,11-12H2,1H3,(H,24,30)/t13-,17+,18+,19-,23+/m1/s1. The maximum absolute atomic E-state index is 13.5. The van der Waals surface area contributed by atoms with Crippen LogP contribution in [0.3, 0.4) is 0 Å². The number of fused-ring (bicyclic) bond motifs is 4. The van der Waals surface area contributed by atoms with Crippen LogP contribution in [0, 0.1) is 11.8 Å². The highest BCUT2D eigenvalue weighted by Gasteiger charge is 2.70. The first-order valence-electron chi connectivity index (χ1n) is 10.2. The number of aliphatic hydroxyl groups is 1. The first-order chi connectivity index (χ1) is 14.4. The molecule has 2 fully saturated rings. The lowest BCUT2D eigenvalue weighted by Gasteiger charge is -2.30. The summed E-state index contributed by atoms with van der Waals surface area (Å²) in [5.41, 5.74) is 0.957. The second-order valence-corrected chi connectivity index (χ2v) is 8.29. The third-order valence-electron chi connectivity index (χ3n) is 6.64. The lowest BCUT2D eigenvalue weighted by Crippen LogP contribution is -2.54. The van der Waals surface area contributed by atoms with Crippen LogP contribution in [0.15, 0.2) is 54.6 Å². The lowest BCUT2D eigenvalue weighted by atomic mass is 9.76. The zero-order valence-electron chi connectivity index (χ0n) is 16.5. The number of likely N-dealkylation sites (tertiary alicyclic amines) is 1. The normalized spacial score (nSPS) is 30.5. The molecule has 0 saturated carbocycles. The number of anilines is 1. The number of carbonyl (C=O) groups is 3. The van der Waals surface area contributed by atoms with Gasteiger partial charge in [0, 0.05) is 23.8 Å². The van der Waals surface area contributed by atoms with Crippen molar-refractivity contribution in [3.05, 3.63) is 65.7 Å². The van der Waals surface area contributed by atoms with Gasteiger partial charge in [0.2, 0.25) is 17.7 Å². The van der Waals surface area contributed by atoms with Gasteiger partial charge in [-0.25, -0.2) is 0 Å². The maximum atomic E-state index is 13.5. The molecule has 2 aromatic carbocycles. The van der Waals surface area contributed by atoms with Crippen molar-refractivity contribution in [3.63, 3.8) is 0 Å². The van der Waals surface area contributed by atoms with E-state index in [1.165, 1.54) is 4.90 Å². The van der Waals surface area contributed by atoms with Gasteiger partial charge in [0.15, 0.2) is 0 Å². The van der Waals surface area contributed by atoms with Gasteiger partial charge in [-0.2, -0.15) is 0 Å². The molecule has 3 aliphatic rings. The van der Waals surface area contributed by atoms with Gasteiger partial charge in [-0.1, -0.05) is 48.5 Å². The second-order valence-electron chi connectivity index (χ2n) is 8.29. The Bertz CT molecular complexity index is 1040. The predicted octanol–water partition coefficient (Wildman–Crippen LogP) is 1.03. The van der Waals surface area contributed by atoms with Gasteiger partial charge in [0.1, 0.15) is 5.54 Å². The largest absolute Gasteiger partial charge is 0.392 e. The molecule has 7 heteroatoms. The van der Waals surface area contributed by atoms with Crippen molar-refractivity contribution in [2.24, 2.45) is 11.8 Å². The molecule has 30 heavy (non-hydrogen) atoms. The van der Waals surface area contributed by atoms with Crippen LogP contribution in [0.4, 0.5) is 5.69 Å². The first-order valence-corrected chi connectivity index (χ1v) is 10.2. The maximum Gasteiger partial charge on any atom is 0.250 e. The summed E-state index contributed by atoms with van der Waals surface area (Å²) < 4.78 is 0. The van der Waals surface area contributed by atoms with Crippen LogP contribution in [-0.2, 0) is 26.3 Å². The highest BCUT2D eigenvalue weighted by Crippen LogP contribution is 2.53. The zero-order chi connectivity index (χ0) is 21.0. The van der Waals surface area contributed by atoms with Gasteiger partial charge in [-0.3, -0.25) is 24.6 Å². The summed E-state index contributed by atoms with van der Waals surface area (Å²) in [6.45, 7) is 1.83. The Labute approximate surface area is 174 Å². The quantitative estimate of drug-likeness (QED) is 0.660. The third kappa shape index (κ3) is 2.49. The van der Waals surface area contributed by atoms with Gasteiger partial charge in [0.05, 0.1) is 17.9 Å². The lowest BCUT2D eigenvalue weighted by molar-refractivity contribution is -0.143. The topological polar surface area (TPSA) is 98.7 Å². The highest BCUT2D eigenvalue weighted by atomic mass is 16.3. The van der Waals surface area contributed by atoms with Crippen LogP contribution in [0.25, 0.3) is 0 Å². The summed E-state index contributed by atoms with van der Waals surface area (Å²) in [6.07, 6.45) is -0.358. The summed E-state index contributed by atoms with van der Waals surface area (Å²) >= 11 is 0. The van der Waals surface area contributed by atoms with Crippen molar-refractivity contribution in [2.75, 3.05) is 11.9 Å². The van der Waals surface area contributed by atoms with E-state index in [2.05, 4.69) is 10.6 Å². The fourth-order valence-corrected chi connectivity index (χ4v) is 5.27. The average Bonchev–Trinajstić information content (AvgIpc) is 3.33. The molecule has 3 N–H and O–H groups in total. The molecule has 3 aliphatic heterocycles. The number of rotatable bonds is 4. The summed E-state index contributed by atoms with van der Waals surface area (Å²) in [7, 11) is 0.